The van der Waals surface area contributed by atoms with E-state index in [1.54, 1.807) is 7.11 Å². The van der Waals surface area contributed by atoms with Crippen LogP contribution in [0.25, 0.3) is 10.9 Å². The van der Waals surface area contributed by atoms with Crippen molar-refractivity contribution < 1.29 is 19.4 Å². The van der Waals surface area contributed by atoms with Gasteiger partial charge in [0.05, 0.1) is 24.4 Å². The third-order valence-corrected chi connectivity index (χ3v) is 6.57. The fourth-order valence-corrected chi connectivity index (χ4v) is 4.50. The summed E-state index contributed by atoms with van der Waals surface area (Å²) in [5.74, 6) is -0.357. The number of hydrogen-bond acceptors (Lipinski definition) is 5. The molecule has 1 aromatic heterocycles. The lowest BCUT2D eigenvalue weighted by Crippen LogP contribution is -2.27. The molecular formula is C25H23BrClN3O4. The molecule has 176 valence electrons. The van der Waals surface area contributed by atoms with Gasteiger partial charge in [-0.2, -0.15) is 5.10 Å². The van der Waals surface area contributed by atoms with Crippen molar-refractivity contribution in [3.63, 3.8) is 0 Å². The number of aromatic nitrogens is 1. The lowest BCUT2D eigenvalue weighted by Gasteiger charge is -2.23. The van der Waals surface area contributed by atoms with E-state index in [1.165, 1.54) is 5.01 Å². The van der Waals surface area contributed by atoms with Crippen molar-refractivity contribution in [2.45, 2.75) is 38.1 Å². The molecule has 34 heavy (non-hydrogen) atoms. The number of fused-ring (bicyclic) bond motifs is 1. The molecule has 0 bridgehead atoms. The minimum absolute atomic E-state index is 0.0357. The Balaban J connectivity index is 1.66. The number of carboxylic acids is 1. The molecule has 2 aromatic carbocycles. The number of aliphatic carboxylic acids is 1. The third-order valence-electron chi connectivity index (χ3n) is 5.74. The number of benzene rings is 2. The number of carbonyl (C=O) groups is 2. The number of hydrogen-bond donors (Lipinski definition) is 1. The maximum absolute atomic E-state index is 13.1. The normalized spacial score (nSPS) is 15.4. The number of unbranched alkanes of at least 4 members (excludes halogenated alkanes) is 1. The van der Waals surface area contributed by atoms with Gasteiger partial charge in [-0.05, 0) is 48.7 Å². The van der Waals surface area contributed by atoms with Crippen molar-refractivity contribution in [2.24, 2.45) is 5.10 Å². The summed E-state index contributed by atoms with van der Waals surface area (Å²) in [6.45, 7) is 0. The Morgan fingerprint density at radius 2 is 1.88 bits per heavy atom. The Hall–Kier alpha value is -2.97. The van der Waals surface area contributed by atoms with Crippen molar-refractivity contribution in [3.8, 4) is 5.75 Å². The number of methoxy groups -OCH3 is 1. The van der Waals surface area contributed by atoms with Gasteiger partial charge in [0, 0.05) is 40.8 Å². The molecule has 0 radical (unpaired) electrons. The second-order valence-electron chi connectivity index (χ2n) is 8.04. The van der Waals surface area contributed by atoms with Gasteiger partial charge in [-0.25, -0.2) is 9.99 Å². The van der Waals surface area contributed by atoms with Gasteiger partial charge in [0.25, 0.3) is 0 Å². The number of ether oxygens (including phenoxy) is 1. The highest BCUT2D eigenvalue weighted by molar-refractivity contribution is 9.10. The van der Waals surface area contributed by atoms with E-state index in [9.17, 15) is 9.59 Å². The van der Waals surface area contributed by atoms with Crippen molar-refractivity contribution in [2.75, 3.05) is 7.11 Å². The van der Waals surface area contributed by atoms with E-state index in [-0.39, 0.29) is 18.7 Å². The van der Waals surface area contributed by atoms with Gasteiger partial charge >= 0.3 is 5.97 Å². The van der Waals surface area contributed by atoms with Crippen molar-refractivity contribution in [1.82, 2.24) is 9.99 Å². The molecule has 4 rings (SSSR count). The number of carbonyl (C=O) groups excluding carboxylic acids is 1. The zero-order valence-electron chi connectivity index (χ0n) is 18.5. The summed E-state index contributed by atoms with van der Waals surface area (Å²) in [6, 6.07) is 14.9. The minimum atomic E-state index is -0.868. The van der Waals surface area contributed by atoms with E-state index in [0.29, 0.717) is 41.2 Å². The quantitative estimate of drug-likeness (QED) is 0.278. The first-order valence-corrected chi connectivity index (χ1v) is 12.0. The van der Waals surface area contributed by atoms with Crippen molar-refractivity contribution >= 4 is 56.0 Å². The second-order valence-corrected chi connectivity index (χ2v) is 9.31. The molecule has 1 aliphatic heterocycles. The van der Waals surface area contributed by atoms with Crippen LogP contribution >= 0.6 is 27.5 Å². The smallest absolute Gasteiger partial charge is 0.303 e. The van der Waals surface area contributed by atoms with E-state index in [4.69, 9.17) is 21.4 Å². The SMILES string of the molecule is COc1ccc2cc(C3CC(c4ccc(Br)cc4)=NN3C(=O)CCCCC(=O)O)c(Cl)nc2c1. The lowest BCUT2D eigenvalue weighted by atomic mass is 9.98. The summed E-state index contributed by atoms with van der Waals surface area (Å²) >= 11 is 10.1. The molecule has 0 saturated carbocycles. The zero-order valence-corrected chi connectivity index (χ0v) is 20.8. The molecule has 1 amide bonds. The van der Waals surface area contributed by atoms with Crippen LogP contribution in [-0.4, -0.2) is 39.8 Å². The summed E-state index contributed by atoms with van der Waals surface area (Å²) in [7, 11) is 1.59. The van der Waals surface area contributed by atoms with Crippen LogP contribution in [0.5, 0.6) is 5.75 Å². The molecule has 0 fully saturated rings. The molecular weight excluding hydrogens is 522 g/mol. The fraction of sp³-hybridized carbons (Fsp3) is 0.280. The molecule has 9 heteroatoms. The third kappa shape index (κ3) is 5.39. The average Bonchev–Trinajstić information content (AvgIpc) is 3.26. The van der Waals surface area contributed by atoms with Crippen molar-refractivity contribution in [1.29, 1.82) is 0 Å². The summed E-state index contributed by atoms with van der Waals surface area (Å²) in [4.78, 5) is 28.5. The van der Waals surface area contributed by atoms with Crippen LogP contribution in [-0.2, 0) is 9.59 Å². The Morgan fingerprint density at radius 3 is 2.59 bits per heavy atom. The van der Waals surface area contributed by atoms with Crippen LogP contribution < -0.4 is 4.74 Å². The second kappa shape index (κ2) is 10.5. The highest BCUT2D eigenvalue weighted by Crippen LogP contribution is 2.38. The van der Waals surface area contributed by atoms with Crippen LogP contribution in [0.3, 0.4) is 0 Å². The lowest BCUT2D eigenvalue weighted by molar-refractivity contribution is -0.138. The molecule has 3 aromatic rings. The van der Waals surface area contributed by atoms with Gasteiger partial charge in [-0.3, -0.25) is 9.59 Å². The van der Waals surface area contributed by atoms with Gasteiger partial charge in [-0.1, -0.05) is 39.7 Å². The van der Waals surface area contributed by atoms with E-state index < -0.39 is 12.0 Å². The monoisotopic (exact) mass is 543 g/mol. The van der Waals surface area contributed by atoms with E-state index in [0.717, 1.165) is 21.1 Å². The predicted molar refractivity (Wildman–Crippen MR) is 134 cm³/mol. The maximum Gasteiger partial charge on any atom is 0.303 e. The maximum atomic E-state index is 13.1. The first-order chi connectivity index (χ1) is 16.4. The Bertz CT molecular complexity index is 1260. The molecule has 1 aliphatic rings. The van der Waals surface area contributed by atoms with Crippen LogP contribution in [0.2, 0.25) is 5.15 Å². The van der Waals surface area contributed by atoms with Crippen molar-refractivity contribution in [3.05, 3.63) is 69.3 Å². The van der Waals surface area contributed by atoms with Gasteiger partial charge in [0.15, 0.2) is 0 Å². The van der Waals surface area contributed by atoms with Crippen LogP contribution in [0.4, 0.5) is 0 Å². The van der Waals surface area contributed by atoms with Crippen LogP contribution in [0.1, 0.15) is 49.3 Å². The molecule has 1 N–H and O–H groups in total. The topological polar surface area (TPSA) is 92.1 Å². The standard InChI is InChI=1S/C25H23BrClN3O4/c1-34-18-11-8-16-12-19(25(27)28-20(16)13-18)22-14-21(15-6-9-17(26)10-7-15)29-30(22)23(31)4-2-3-5-24(32)33/h6-13,22H,2-5,14H2,1H3,(H,32,33). The largest absolute Gasteiger partial charge is 0.497 e. The van der Waals surface area contributed by atoms with E-state index in [1.807, 2.05) is 48.5 Å². The number of halogens is 2. The number of carboxylic acid groups (broad SMARTS) is 1. The first-order valence-electron chi connectivity index (χ1n) is 10.9. The molecule has 0 aliphatic carbocycles. The summed E-state index contributed by atoms with van der Waals surface area (Å²) < 4.78 is 6.23. The molecule has 1 unspecified atom stereocenters. The molecule has 7 nitrogen and oxygen atoms in total. The van der Waals surface area contributed by atoms with E-state index in [2.05, 4.69) is 26.0 Å². The van der Waals surface area contributed by atoms with Gasteiger partial charge in [0.2, 0.25) is 5.91 Å². The predicted octanol–water partition coefficient (Wildman–Crippen LogP) is 5.98. The van der Waals surface area contributed by atoms with Crippen LogP contribution in [0, 0.1) is 0 Å². The first kappa shape index (κ1) is 24.2. The highest BCUT2D eigenvalue weighted by Gasteiger charge is 2.34. The fourth-order valence-electron chi connectivity index (χ4n) is 3.97. The number of pyridine rings is 1. The molecule has 0 spiro atoms. The number of rotatable bonds is 8. The summed E-state index contributed by atoms with van der Waals surface area (Å²) in [5.41, 5.74) is 3.12. The Kier molecular flexibility index (Phi) is 7.48. The van der Waals surface area contributed by atoms with Gasteiger partial charge in [-0.15, -0.1) is 0 Å². The molecule has 0 saturated heterocycles. The zero-order chi connectivity index (χ0) is 24.2. The summed E-state index contributed by atoms with van der Waals surface area (Å²) in [6.07, 6.45) is 1.64. The number of hydrazone groups is 1. The van der Waals surface area contributed by atoms with Gasteiger partial charge < -0.3 is 9.84 Å². The molecule has 2 heterocycles. The van der Waals surface area contributed by atoms with Gasteiger partial charge in [0.1, 0.15) is 10.9 Å². The molecule has 1 atom stereocenters. The van der Waals surface area contributed by atoms with Crippen LogP contribution in [0.15, 0.2) is 58.1 Å². The number of amides is 1. The Morgan fingerprint density at radius 1 is 1.15 bits per heavy atom. The minimum Gasteiger partial charge on any atom is -0.497 e. The average molecular weight is 545 g/mol. The Labute approximate surface area is 210 Å². The van der Waals surface area contributed by atoms with E-state index >= 15 is 0 Å². The number of nitrogens with zero attached hydrogens (tertiary/aromatic N) is 3. The summed E-state index contributed by atoms with van der Waals surface area (Å²) in [5, 5.41) is 16.2. The highest BCUT2D eigenvalue weighted by atomic mass is 79.9.